The van der Waals surface area contributed by atoms with Gasteiger partial charge in [0.05, 0.1) is 11.8 Å². The second kappa shape index (κ2) is 5.65. The predicted molar refractivity (Wildman–Crippen MR) is 67.7 cm³/mol. The van der Waals surface area contributed by atoms with Gasteiger partial charge in [-0.25, -0.2) is 0 Å². The fourth-order valence-electron chi connectivity index (χ4n) is 2.57. The SMILES string of the molecule is Cc1nn(C)cc1C(N)CCCC1CCCO1. The highest BCUT2D eigenvalue weighted by Gasteiger charge is 2.17. The van der Waals surface area contributed by atoms with Crippen LogP contribution in [-0.2, 0) is 11.8 Å². The molecule has 96 valence electrons. The van der Waals surface area contributed by atoms with Crippen LogP contribution in [-0.4, -0.2) is 22.5 Å². The van der Waals surface area contributed by atoms with Crippen LogP contribution in [0.5, 0.6) is 0 Å². The lowest BCUT2D eigenvalue weighted by Crippen LogP contribution is -2.12. The van der Waals surface area contributed by atoms with E-state index in [1.54, 1.807) is 0 Å². The lowest BCUT2D eigenvalue weighted by molar-refractivity contribution is 0.101. The maximum Gasteiger partial charge on any atom is 0.0641 e. The van der Waals surface area contributed by atoms with Crippen molar-refractivity contribution in [2.45, 2.75) is 51.2 Å². The van der Waals surface area contributed by atoms with Gasteiger partial charge < -0.3 is 10.5 Å². The number of ether oxygens (including phenoxy) is 1. The molecule has 0 spiro atoms. The van der Waals surface area contributed by atoms with Crippen molar-refractivity contribution in [1.82, 2.24) is 9.78 Å². The maximum atomic E-state index is 6.20. The summed E-state index contributed by atoms with van der Waals surface area (Å²) < 4.78 is 7.45. The van der Waals surface area contributed by atoms with Crippen molar-refractivity contribution in [3.63, 3.8) is 0 Å². The molecule has 1 fully saturated rings. The molecule has 0 aromatic carbocycles. The third-order valence-electron chi connectivity index (χ3n) is 3.52. The van der Waals surface area contributed by atoms with Gasteiger partial charge in [0.25, 0.3) is 0 Å². The van der Waals surface area contributed by atoms with Gasteiger partial charge in [0.15, 0.2) is 0 Å². The molecule has 2 atom stereocenters. The van der Waals surface area contributed by atoms with Crippen molar-refractivity contribution in [2.75, 3.05) is 6.61 Å². The number of nitrogens with zero attached hydrogens (tertiary/aromatic N) is 2. The number of rotatable bonds is 5. The first kappa shape index (κ1) is 12.6. The summed E-state index contributed by atoms with van der Waals surface area (Å²) in [6.07, 6.45) is 8.27. The maximum absolute atomic E-state index is 6.20. The molecule has 1 aliphatic rings. The van der Waals surface area contributed by atoms with E-state index in [1.807, 2.05) is 24.9 Å². The van der Waals surface area contributed by atoms with Gasteiger partial charge in [0.2, 0.25) is 0 Å². The van der Waals surface area contributed by atoms with Crippen LogP contribution in [0.15, 0.2) is 6.20 Å². The van der Waals surface area contributed by atoms with Gasteiger partial charge >= 0.3 is 0 Å². The fraction of sp³-hybridized carbons (Fsp3) is 0.769. The number of nitrogens with two attached hydrogens (primary N) is 1. The first-order chi connectivity index (χ1) is 8.16. The van der Waals surface area contributed by atoms with E-state index in [-0.39, 0.29) is 6.04 Å². The van der Waals surface area contributed by atoms with Crippen LogP contribution < -0.4 is 5.73 Å². The highest BCUT2D eigenvalue weighted by molar-refractivity contribution is 5.19. The number of hydrogen-bond donors (Lipinski definition) is 1. The molecule has 17 heavy (non-hydrogen) atoms. The molecular formula is C13H23N3O. The Morgan fingerprint density at radius 3 is 3.06 bits per heavy atom. The summed E-state index contributed by atoms with van der Waals surface area (Å²) in [5, 5.41) is 4.33. The van der Waals surface area contributed by atoms with Crippen LogP contribution in [0.25, 0.3) is 0 Å². The lowest BCUT2D eigenvalue weighted by Gasteiger charge is -2.13. The van der Waals surface area contributed by atoms with Crippen LogP contribution >= 0.6 is 0 Å². The molecule has 2 rings (SSSR count). The van der Waals surface area contributed by atoms with Crippen LogP contribution in [0.2, 0.25) is 0 Å². The largest absolute Gasteiger partial charge is 0.378 e. The molecule has 0 amide bonds. The minimum atomic E-state index is 0.116. The summed E-state index contributed by atoms with van der Waals surface area (Å²) in [5.41, 5.74) is 8.43. The summed E-state index contributed by atoms with van der Waals surface area (Å²) in [4.78, 5) is 0. The molecule has 0 aliphatic carbocycles. The number of hydrogen-bond acceptors (Lipinski definition) is 3. The van der Waals surface area contributed by atoms with Crippen molar-refractivity contribution in [3.05, 3.63) is 17.5 Å². The van der Waals surface area contributed by atoms with E-state index in [1.165, 1.54) is 18.4 Å². The highest BCUT2D eigenvalue weighted by atomic mass is 16.5. The molecule has 2 heterocycles. The average Bonchev–Trinajstić information content (AvgIpc) is 2.88. The van der Waals surface area contributed by atoms with E-state index >= 15 is 0 Å². The van der Waals surface area contributed by atoms with Gasteiger partial charge in [0, 0.05) is 31.5 Å². The van der Waals surface area contributed by atoms with E-state index in [0.29, 0.717) is 6.10 Å². The van der Waals surface area contributed by atoms with Gasteiger partial charge in [-0.05, 0) is 39.0 Å². The van der Waals surface area contributed by atoms with Crippen molar-refractivity contribution in [2.24, 2.45) is 12.8 Å². The van der Waals surface area contributed by atoms with Gasteiger partial charge in [-0.15, -0.1) is 0 Å². The summed E-state index contributed by atoms with van der Waals surface area (Å²) in [5.74, 6) is 0. The van der Waals surface area contributed by atoms with Gasteiger partial charge in [-0.3, -0.25) is 4.68 Å². The first-order valence-corrected chi connectivity index (χ1v) is 6.54. The van der Waals surface area contributed by atoms with Gasteiger partial charge in [-0.2, -0.15) is 5.10 Å². The van der Waals surface area contributed by atoms with Crippen LogP contribution in [0, 0.1) is 6.92 Å². The van der Waals surface area contributed by atoms with Crippen molar-refractivity contribution < 1.29 is 4.74 Å². The molecule has 2 N–H and O–H groups in total. The summed E-state index contributed by atoms with van der Waals surface area (Å²) in [7, 11) is 1.94. The number of aryl methyl sites for hydroxylation is 2. The van der Waals surface area contributed by atoms with E-state index in [0.717, 1.165) is 31.6 Å². The summed E-state index contributed by atoms with van der Waals surface area (Å²) in [6, 6.07) is 0.116. The number of aromatic nitrogens is 2. The topological polar surface area (TPSA) is 53.1 Å². The zero-order valence-corrected chi connectivity index (χ0v) is 10.9. The monoisotopic (exact) mass is 237 g/mol. The quantitative estimate of drug-likeness (QED) is 0.853. The van der Waals surface area contributed by atoms with Crippen molar-refractivity contribution in [1.29, 1.82) is 0 Å². The molecule has 1 aromatic heterocycles. The predicted octanol–water partition coefficient (Wildman–Crippen LogP) is 2.08. The molecule has 0 radical (unpaired) electrons. The van der Waals surface area contributed by atoms with E-state index in [9.17, 15) is 0 Å². The molecule has 1 aromatic rings. The van der Waals surface area contributed by atoms with E-state index in [4.69, 9.17) is 10.5 Å². The molecule has 4 heteroatoms. The zero-order chi connectivity index (χ0) is 12.3. The molecule has 0 bridgehead atoms. The Bertz CT molecular complexity index is 356. The minimum absolute atomic E-state index is 0.116. The fourth-order valence-corrected chi connectivity index (χ4v) is 2.57. The summed E-state index contributed by atoms with van der Waals surface area (Å²) >= 11 is 0. The highest BCUT2D eigenvalue weighted by Crippen LogP contribution is 2.22. The van der Waals surface area contributed by atoms with Crippen LogP contribution in [0.4, 0.5) is 0 Å². The second-order valence-electron chi connectivity index (χ2n) is 5.02. The van der Waals surface area contributed by atoms with Crippen molar-refractivity contribution >= 4 is 0 Å². The van der Waals surface area contributed by atoms with E-state index < -0.39 is 0 Å². The molecule has 1 saturated heterocycles. The van der Waals surface area contributed by atoms with Crippen LogP contribution in [0.3, 0.4) is 0 Å². The van der Waals surface area contributed by atoms with Gasteiger partial charge in [-0.1, -0.05) is 0 Å². The Kier molecular flexibility index (Phi) is 4.18. The summed E-state index contributed by atoms with van der Waals surface area (Å²) in [6.45, 7) is 2.97. The first-order valence-electron chi connectivity index (χ1n) is 6.54. The smallest absolute Gasteiger partial charge is 0.0641 e. The van der Waals surface area contributed by atoms with Gasteiger partial charge in [0.1, 0.15) is 0 Å². The zero-order valence-electron chi connectivity index (χ0n) is 10.9. The third kappa shape index (κ3) is 3.30. The Hall–Kier alpha value is -0.870. The second-order valence-corrected chi connectivity index (χ2v) is 5.02. The normalized spacial score (nSPS) is 21.9. The third-order valence-corrected chi connectivity index (χ3v) is 3.52. The van der Waals surface area contributed by atoms with Crippen molar-refractivity contribution in [3.8, 4) is 0 Å². The Morgan fingerprint density at radius 2 is 2.47 bits per heavy atom. The molecular weight excluding hydrogens is 214 g/mol. The Labute approximate surface area is 103 Å². The molecule has 2 unspecified atom stereocenters. The Morgan fingerprint density at radius 1 is 1.65 bits per heavy atom. The standard InChI is InChI=1S/C13H23N3O/c1-10-12(9-16(2)15-10)13(14)7-3-5-11-6-4-8-17-11/h9,11,13H,3-8,14H2,1-2H3. The average molecular weight is 237 g/mol. The van der Waals surface area contributed by atoms with E-state index in [2.05, 4.69) is 5.10 Å². The lowest BCUT2D eigenvalue weighted by atomic mass is 10.0. The Balaban J connectivity index is 1.76. The molecule has 4 nitrogen and oxygen atoms in total. The molecule has 1 aliphatic heterocycles. The minimum Gasteiger partial charge on any atom is -0.378 e. The van der Waals surface area contributed by atoms with Crippen LogP contribution in [0.1, 0.15) is 49.4 Å². The molecule has 0 saturated carbocycles.